The van der Waals surface area contributed by atoms with Gasteiger partial charge in [0.2, 0.25) is 5.43 Å². The van der Waals surface area contributed by atoms with Crippen LogP contribution in [0.25, 0.3) is 10.9 Å². The summed E-state index contributed by atoms with van der Waals surface area (Å²) in [5, 5.41) is 11.5. The normalized spacial score (nSPS) is 17.1. The number of carbonyl (C=O) groups is 1. The Kier molecular flexibility index (Phi) is 5.69. The molecule has 1 aromatic heterocycles. The molecular formula is C18H20F4N4O3. The average Bonchev–Trinajstić information content (AvgIpc) is 3.09. The molecule has 2 heterocycles. The van der Waals surface area contributed by atoms with Crippen molar-refractivity contribution in [3.8, 4) is 0 Å². The van der Waals surface area contributed by atoms with Gasteiger partial charge in [0.05, 0.1) is 23.1 Å². The predicted molar refractivity (Wildman–Crippen MR) is 99.7 cm³/mol. The van der Waals surface area contributed by atoms with E-state index in [9.17, 15) is 32.3 Å². The highest BCUT2D eigenvalue weighted by atomic mass is 19.4. The van der Waals surface area contributed by atoms with E-state index in [1.54, 1.807) is 4.90 Å². The lowest BCUT2D eigenvalue weighted by Gasteiger charge is -2.21. The van der Waals surface area contributed by atoms with Crippen LogP contribution in [-0.2, 0) is 0 Å². The zero-order valence-corrected chi connectivity index (χ0v) is 15.5. The summed E-state index contributed by atoms with van der Waals surface area (Å²) in [5.74, 6) is -2.18. The van der Waals surface area contributed by atoms with Crippen LogP contribution >= 0.6 is 0 Å². The van der Waals surface area contributed by atoms with Gasteiger partial charge in [-0.2, -0.15) is 13.2 Å². The number of hydrogen-bond donors (Lipinski definition) is 3. The Morgan fingerprint density at radius 1 is 1.34 bits per heavy atom. The molecule has 3 N–H and O–H groups in total. The van der Waals surface area contributed by atoms with E-state index in [2.05, 4.69) is 10.7 Å². The van der Waals surface area contributed by atoms with E-state index in [-0.39, 0.29) is 23.5 Å². The van der Waals surface area contributed by atoms with Crippen molar-refractivity contribution in [3.05, 3.63) is 39.9 Å². The maximum Gasteiger partial charge on any atom is 0.401 e. The average molecular weight is 416 g/mol. The molecule has 1 fully saturated rings. The minimum atomic E-state index is -4.28. The minimum Gasteiger partial charge on any atom is -0.477 e. The summed E-state index contributed by atoms with van der Waals surface area (Å²) in [6.07, 6.45) is -2.56. The standard InChI is InChI=1S/C18H20F4N4O3/c1-23-26-8-12(17(28)29)16(27)11-4-13(19)15(5-14(11)26)25-3-2-10(7-25)6-24-9-18(20,21)22/h4-5,8,10,23-24H,2-3,6-7,9H2,1H3,(H,28,29). The molecule has 0 saturated carbocycles. The molecule has 29 heavy (non-hydrogen) atoms. The lowest BCUT2D eigenvalue weighted by molar-refractivity contribution is -0.125. The molecule has 0 radical (unpaired) electrons. The van der Waals surface area contributed by atoms with Crippen molar-refractivity contribution in [2.45, 2.75) is 12.6 Å². The van der Waals surface area contributed by atoms with Crippen LogP contribution in [0.2, 0.25) is 0 Å². The Hall–Kier alpha value is -2.82. The van der Waals surface area contributed by atoms with Crippen molar-refractivity contribution < 1.29 is 27.5 Å². The predicted octanol–water partition coefficient (Wildman–Crippen LogP) is 1.99. The number of benzene rings is 1. The smallest absolute Gasteiger partial charge is 0.401 e. The molecule has 3 rings (SSSR count). The largest absolute Gasteiger partial charge is 0.477 e. The molecule has 1 saturated heterocycles. The maximum atomic E-state index is 14.7. The Bertz CT molecular complexity index is 990. The number of rotatable bonds is 6. The van der Waals surface area contributed by atoms with Gasteiger partial charge < -0.3 is 20.7 Å². The summed E-state index contributed by atoms with van der Waals surface area (Å²) in [5.41, 5.74) is 1.97. The monoisotopic (exact) mass is 416 g/mol. The third-order valence-corrected chi connectivity index (χ3v) is 4.93. The number of nitrogens with one attached hydrogen (secondary N) is 2. The number of aromatic nitrogens is 1. The molecule has 1 unspecified atom stereocenters. The van der Waals surface area contributed by atoms with Crippen LogP contribution in [-0.4, -0.2) is 55.2 Å². The van der Waals surface area contributed by atoms with E-state index in [4.69, 9.17) is 0 Å². The summed E-state index contributed by atoms with van der Waals surface area (Å²) in [6, 6.07) is 2.45. The SMILES string of the molecule is CNn1cc(C(=O)O)c(=O)c2cc(F)c(N3CCC(CNCC(F)(F)F)C3)cc21. The van der Waals surface area contributed by atoms with Gasteiger partial charge >= 0.3 is 12.1 Å². The van der Waals surface area contributed by atoms with Gasteiger partial charge in [0.1, 0.15) is 11.4 Å². The van der Waals surface area contributed by atoms with Gasteiger partial charge in [-0.1, -0.05) is 0 Å². The second-order valence-electron chi connectivity index (χ2n) is 6.94. The number of halogens is 4. The first kappa shape index (κ1) is 20.9. The first-order valence-electron chi connectivity index (χ1n) is 8.93. The fourth-order valence-electron chi connectivity index (χ4n) is 3.55. The van der Waals surface area contributed by atoms with Gasteiger partial charge in [0.25, 0.3) is 0 Å². The zero-order valence-electron chi connectivity index (χ0n) is 15.5. The molecule has 0 aliphatic carbocycles. The van der Waals surface area contributed by atoms with E-state index in [0.717, 1.165) is 12.3 Å². The van der Waals surface area contributed by atoms with Gasteiger partial charge in [-0.3, -0.25) is 9.47 Å². The minimum absolute atomic E-state index is 0.0756. The maximum absolute atomic E-state index is 14.7. The molecule has 11 heteroatoms. The first-order chi connectivity index (χ1) is 13.6. The van der Waals surface area contributed by atoms with Gasteiger partial charge in [0.15, 0.2) is 0 Å². The molecule has 1 aliphatic heterocycles. The van der Waals surface area contributed by atoms with E-state index in [0.29, 0.717) is 25.0 Å². The molecular weight excluding hydrogens is 396 g/mol. The summed E-state index contributed by atoms with van der Waals surface area (Å²) >= 11 is 0. The zero-order chi connectivity index (χ0) is 21.3. The summed E-state index contributed by atoms with van der Waals surface area (Å²) in [6.45, 7) is -0.0926. The fourth-order valence-corrected chi connectivity index (χ4v) is 3.55. The second kappa shape index (κ2) is 7.90. The molecule has 1 aromatic carbocycles. The van der Waals surface area contributed by atoms with E-state index in [1.807, 2.05) is 0 Å². The van der Waals surface area contributed by atoms with E-state index in [1.165, 1.54) is 17.8 Å². The molecule has 7 nitrogen and oxygen atoms in total. The van der Waals surface area contributed by atoms with Crippen molar-refractivity contribution in [1.29, 1.82) is 0 Å². The number of alkyl halides is 3. The second-order valence-corrected chi connectivity index (χ2v) is 6.94. The van der Waals surface area contributed by atoms with Crippen LogP contribution in [0, 0.1) is 11.7 Å². The Balaban J connectivity index is 1.87. The Labute approximate surface area is 162 Å². The third kappa shape index (κ3) is 4.44. The number of aromatic carboxylic acids is 1. The number of carboxylic acids is 1. The number of fused-ring (bicyclic) bond motifs is 1. The van der Waals surface area contributed by atoms with Crippen LogP contribution in [0.5, 0.6) is 0 Å². The molecule has 0 spiro atoms. The summed E-state index contributed by atoms with van der Waals surface area (Å²) in [4.78, 5) is 25.3. The van der Waals surface area contributed by atoms with E-state index >= 15 is 0 Å². The molecule has 2 aromatic rings. The Morgan fingerprint density at radius 2 is 2.07 bits per heavy atom. The van der Waals surface area contributed by atoms with Crippen LogP contribution < -0.4 is 21.1 Å². The molecule has 1 aliphatic rings. The van der Waals surface area contributed by atoms with Crippen molar-refractivity contribution in [2.75, 3.05) is 43.6 Å². The Morgan fingerprint density at radius 3 is 2.69 bits per heavy atom. The van der Waals surface area contributed by atoms with Gasteiger partial charge in [0, 0.05) is 32.9 Å². The number of hydrogen-bond acceptors (Lipinski definition) is 5. The molecule has 0 bridgehead atoms. The molecule has 0 amide bonds. The summed E-state index contributed by atoms with van der Waals surface area (Å²) < 4.78 is 52.8. The van der Waals surface area contributed by atoms with Gasteiger partial charge in [-0.25, -0.2) is 9.18 Å². The van der Waals surface area contributed by atoms with Crippen molar-refractivity contribution in [2.24, 2.45) is 5.92 Å². The third-order valence-electron chi connectivity index (χ3n) is 4.93. The lowest BCUT2D eigenvalue weighted by Crippen LogP contribution is -2.33. The fraction of sp³-hybridized carbons (Fsp3) is 0.444. The molecule has 158 valence electrons. The van der Waals surface area contributed by atoms with Crippen molar-refractivity contribution in [3.63, 3.8) is 0 Å². The highest BCUT2D eigenvalue weighted by Crippen LogP contribution is 2.29. The highest BCUT2D eigenvalue weighted by molar-refractivity contribution is 5.93. The lowest BCUT2D eigenvalue weighted by atomic mass is 10.1. The topological polar surface area (TPSA) is 86.6 Å². The van der Waals surface area contributed by atoms with Crippen molar-refractivity contribution >= 4 is 22.6 Å². The summed E-state index contributed by atoms with van der Waals surface area (Å²) in [7, 11) is 1.52. The number of carboxylic acid groups (broad SMARTS) is 1. The van der Waals surface area contributed by atoms with Gasteiger partial charge in [-0.05, 0) is 24.5 Å². The highest BCUT2D eigenvalue weighted by Gasteiger charge is 2.29. The molecule has 1 atom stereocenters. The van der Waals surface area contributed by atoms with Crippen LogP contribution in [0.15, 0.2) is 23.1 Å². The van der Waals surface area contributed by atoms with Crippen LogP contribution in [0.3, 0.4) is 0 Å². The van der Waals surface area contributed by atoms with Crippen molar-refractivity contribution in [1.82, 2.24) is 9.99 Å². The first-order valence-corrected chi connectivity index (χ1v) is 8.93. The van der Waals surface area contributed by atoms with Gasteiger partial charge in [-0.15, -0.1) is 0 Å². The van der Waals surface area contributed by atoms with Crippen LogP contribution in [0.4, 0.5) is 23.2 Å². The quantitative estimate of drug-likeness (QED) is 0.625. The number of anilines is 1. The van der Waals surface area contributed by atoms with Crippen LogP contribution in [0.1, 0.15) is 16.8 Å². The van der Waals surface area contributed by atoms with E-state index < -0.39 is 35.5 Å². The number of pyridine rings is 1. The number of nitrogens with zero attached hydrogens (tertiary/aromatic N) is 2.